The average molecular weight is 324 g/mol. The van der Waals surface area contributed by atoms with Gasteiger partial charge in [0.15, 0.2) is 0 Å². The van der Waals surface area contributed by atoms with Gasteiger partial charge in [0.05, 0.1) is 10.7 Å². The molecule has 21 heavy (non-hydrogen) atoms. The molecule has 3 nitrogen and oxygen atoms in total. The lowest BCUT2D eigenvalue weighted by atomic mass is 10.0. The van der Waals surface area contributed by atoms with Crippen molar-refractivity contribution in [1.29, 1.82) is 0 Å². The molecule has 0 aliphatic heterocycles. The molecule has 5 heteroatoms. The van der Waals surface area contributed by atoms with Gasteiger partial charge in [-0.1, -0.05) is 43.5 Å². The fraction of sp³-hybridized carbons (Fsp3) is 0.375. The van der Waals surface area contributed by atoms with Crippen molar-refractivity contribution in [2.45, 2.75) is 33.1 Å². The minimum atomic E-state index is 0.650. The molecule has 1 heterocycles. The van der Waals surface area contributed by atoms with Crippen molar-refractivity contribution in [2.24, 2.45) is 0 Å². The second-order valence-electron chi connectivity index (χ2n) is 4.85. The monoisotopic (exact) mass is 323 g/mol. The Balaban J connectivity index is 2.53. The summed E-state index contributed by atoms with van der Waals surface area (Å²) in [7, 11) is 0. The highest BCUT2D eigenvalue weighted by molar-refractivity contribution is 6.35. The highest BCUT2D eigenvalue weighted by Crippen LogP contribution is 2.33. The van der Waals surface area contributed by atoms with Crippen molar-refractivity contribution in [1.82, 2.24) is 9.97 Å². The van der Waals surface area contributed by atoms with Crippen molar-refractivity contribution in [3.05, 3.63) is 40.1 Å². The van der Waals surface area contributed by atoms with Crippen molar-refractivity contribution < 1.29 is 0 Å². The molecule has 2 rings (SSSR count). The van der Waals surface area contributed by atoms with Crippen LogP contribution in [0.2, 0.25) is 10.0 Å². The predicted octanol–water partition coefficient (Wildman–Crippen LogP) is 5.22. The van der Waals surface area contributed by atoms with E-state index in [-0.39, 0.29) is 0 Å². The van der Waals surface area contributed by atoms with Gasteiger partial charge < -0.3 is 5.32 Å². The molecule has 1 aromatic carbocycles. The van der Waals surface area contributed by atoms with Gasteiger partial charge in [-0.2, -0.15) is 0 Å². The number of rotatable bonds is 6. The summed E-state index contributed by atoms with van der Waals surface area (Å²) in [4.78, 5) is 8.82. The van der Waals surface area contributed by atoms with Gasteiger partial charge in [0.1, 0.15) is 12.1 Å². The van der Waals surface area contributed by atoms with Gasteiger partial charge >= 0.3 is 0 Å². The third kappa shape index (κ3) is 3.86. The van der Waals surface area contributed by atoms with E-state index in [2.05, 4.69) is 29.1 Å². The van der Waals surface area contributed by atoms with Crippen LogP contribution in [-0.4, -0.2) is 16.5 Å². The van der Waals surface area contributed by atoms with Crippen molar-refractivity contribution >= 4 is 29.0 Å². The van der Waals surface area contributed by atoms with E-state index in [0.29, 0.717) is 10.0 Å². The first-order chi connectivity index (χ1) is 10.2. The summed E-state index contributed by atoms with van der Waals surface area (Å²) in [6, 6.07) is 5.44. The zero-order valence-electron chi connectivity index (χ0n) is 12.3. The number of benzene rings is 1. The molecule has 0 fully saturated rings. The second kappa shape index (κ2) is 7.62. The number of aromatic nitrogens is 2. The van der Waals surface area contributed by atoms with Crippen LogP contribution in [-0.2, 0) is 6.42 Å². The van der Waals surface area contributed by atoms with E-state index in [1.54, 1.807) is 18.5 Å². The summed E-state index contributed by atoms with van der Waals surface area (Å²) in [5.41, 5.74) is 2.81. The minimum absolute atomic E-state index is 0.650. The molecule has 0 atom stereocenters. The average Bonchev–Trinajstić information content (AvgIpc) is 2.49. The van der Waals surface area contributed by atoms with Crippen molar-refractivity contribution in [2.75, 3.05) is 11.9 Å². The molecule has 112 valence electrons. The molecule has 0 aliphatic rings. The van der Waals surface area contributed by atoms with Crippen molar-refractivity contribution in [3.63, 3.8) is 0 Å². The second-order valence-corrected chi connectivity index (χ2v) is 5.69. The van der Waals surface area contributed by atoms with Gasteiger partial charge in [-0.3, -0.25) is 0 Å². The lowest BCUT2D eigenvalue weighted by molar-refractivity contribution is 0.892. The molecular weight excluding hydrogens is 305 g/mol. The lowest BCUT2D eigenvalue weighted by Gasteiger charge is -2.14. The molecule has 0 amide bonds. The van der Waals surface area contributed by atoms with Crippen LogP contribution in [0, 0.1) is 0 Å². The van der Waals surface area contributed by atoms with Gasteiger partial charge in [-0.05, 0) is 31.0 Å². The normalized spacial score (nSPS) is 10.7. The van der Waals surface area contributed by atoms with Crippen LogP contribution in [0.3, 0.4) is 0 Å². The largest absolute Gasteiger partial charge is 0.370 e. The zero-order chi connectivity index (χ0) is 15.2. The van der Waals surface area contributed by atoms with Crippen LogP contribution < -0.4 is 5.32 Å². The van der Waals surface area contributed by atoms with Gasteiger partial charge in [0.2, 0.25) is 0 Å². The van der Waals surface area contributed by atoms with Crippen LogP contribution >= 0.6 is 23.2 Å². The Morgan fingerprint density at radius 1 is 1.10 bits per heavy atom. The smallest absolute Gasteiger partial charge is 0.133 e. The minimum Gasteiger partial charge on any atom is -0.370 e. The van der Waals surface area contributed by atoms with E-state index in [0.717, 1.165) is 48.4 Å². The van der Waals surface area contributed by atoms with Gasteiger partial charge in [-0.15, -0.1) is 0 Å². The summed E-state index contributed by atoms with van der Waals surface area (Å²) in [6.45, 7) is 5.15. The van der Waals surface area contributed by atoms with E-state index in [1.807, 2.05) is 6.07 Å². The molecule has 1 aromatic heterocycles. The Labute approximate surface area is 135 Å². The maximum absolute atomic E-state index is 6.32. The Hall–Kier alpha value is -1.32. The van der Waals surface area contributed by atoms with Crippen molar-refractivity contribution in [3.8, 4) is 11.3 Å². The third-order valence-corrected chi connectivity index (χ3v) is 3.74. The highest BCUT2D eigenvalue weighted by atomic mass is 35.5. The molecule has 0 bridgehead atoms. The summed E-state index contributed by atoms with van der Waals surface area (Å²) in [6.07, 6.45) is 4.52. The summed E-state index contributed by atoms with van der Waals surface area (Å²) < 4.78 is 0. The molecule has 0 spiro atoms. The molecule has 0 saturated carbocycles. The number of halogens is 2. The Morgan fingerprint density at radius 2 is 1.90 bits per heavy atom. The topological polar surface area (TPSA) is 37.8 Å². The number of hydrogen-bond acceptors (Lipinski definition) is 3. The maximum Gasteiger partial charge on any atom is 0.133 e. The van der Waals surface area contributed by atoms with Gasteiger partial charge in [-0.25, -0.2) is 9.97 Å². The Morgan fingerprint density at radius 3 is 2.62 bits per heavy atom. The highest BCUT2D eigenvalue weighted by Gasteiger charge is 2.15. The van der Waals surface area contributed by atoms with E-state index in [9.17, 15) is 0 Å². The van der Waals surface area contributed by atoms with E-state index < -0.39 is 0 Å². The zero-order valence-corrected chi connectivity index (χ0v) is 13.8. The standard InChI is InChI=1S/C16H19Cl2N3/c1-3-5-12-15(13-9-11(17)6-7-14(13)18)20-10-21-16(12)19-8-4-2/h6-7,9-10H,3-5,8H2,1-2H3,(H,19,20,21). The number of anilines is 1. The maximum atomic E-state index is 6.32. The molecule has 0 aliphatic carbocycles. The van der Waals surface area contributed by atoms with Gasteiger partial charge in [0.25, 0.3) is 0 Å². The summed E-state index contributed by atoms with van der Waals surface area (Å²) >= 11 is 12.4. The molecular formula is C16H19Cl2N3. The molecule has 0 unspecified atom stereocenters. The van der Waals surface area contributed by atoms with E-state index in [1.165, 1.54) is 0 Å². The predicted molar refractivity (Wildman–Crippen MR) is 90.3 cm³/mol. The first-order valence-electron chi connectivity index (χ1n) is 7.20. The number of hydrogen-bond donors (Lipinski definition) is 1. The first-order valence-corrected chi connectivity index (χ1v) is 7.96. The van der Waals surface area contributed by atoms with Crippen LogP contribution in [0.1, 0.15) is 32.3 Å². The number of nitrogens with one attached hydrogen (secondary N) is 1. The van der Waals surface area contributed by atoms with E-state index in [4.69, 9.17) is 23.2 Å². The lowest BCUT2D eigenvalue weighted by Crippen LogP contribution is -2.08. The summed E-state index contributed by atoms with van der Waals surface area (Å²) in [5, 5.41) is 4.67. The third-order valence-electron chi connectivity index (χ3n) is 3.17. The molecule has 0 saturated heterocycles. The van der Waals surface area contributed by atoms with Crippen LogP contribution in [0.4, 0.5) is 5.82 Å². The SMILES string of the molecule is CCCNc1ncnc(-c2cc(Cl)ccc2Cl)c1CCC. The molecule has 1 N–H and O–H groups in total. The summed E-state index contributed by atoms with van der Waals surface area (Å²) in [5.74, 6) is 0.889. The van der Waals surface area contributed by atoms with E-state index >= 15 is 0 Å². The molecule has 2 aromatic rings. The quantitative estimate of drug-likeness (QED) is 0.791. The van der Waals surface area contributed by atoms with Gasteiger partial charge in [0, 0.05) is 22.7 Å². The van der Waals surface area contributed by atoms with Crippen LogP contribution in [0.25, 0.3) is 11.3 Å². The fourth-order valence-corrected chi connectivity index (χ4v) is 2.59. The Kier molecular flexibility index (Phi) is 5.83. The van der Waals surface area contributed by atoms with Crippen LogP contribution in [0.5, 0.6) is 0 Å². The first kappa shape index (κ1) is 16.1. The Bertz CT molecular complexity index is 614. The van der Waals surface area contributed by atoms with Crippen LogP contribution in [0.15, 0.2) is 24.5 Å². The fourth-order valence-electron chi connectivity index (χ4n) is 2.21. The molecule has 0 radical (unpaired) electrons. The number of nitrogens with zero attached hydrogens (tertiary/aromatic N) is 2.